The van der Waals surface area contributed by atoms with Gasteiger partial charge in [0.05, 0.1) is 0 Å². The Kier molecular flexibility index (Phi) is 7.14. The van der Waals surface area contributed by atoms with Gasteiger partial charge in [-0.2, -0.15) is 0 Å². The monoisotopic (exact) mass is 622 g/mol. The van der Waals surface area contributed by atoms with Gasteiger partial charge in [-0.3, -0.25) is 0 Å². The van der Waals surface area contributed by atoms with E-state index in [0.29, 0.717) is 0 Å². The molecule has 0 heterocycles. The molecule has 0 unspecified atom stereocenters. The Balaban J connectivity index is 1.35. The van der Waals surface area contributed by atoms with Crippen molar-refractivity contribution in [3.05, 3.63) is 194 Å². The average molecular weight is 623 g/mol. The molecule has 0 radical (unpaired) electrons. The smallest absolute Gasteiger partial charge is 0.00199 e. The third-order valence-corrected chi connectivity index (χ3v) is 9.89. The van der Waals surface area contributed by atoms with Gasteiger partial charge in [-0.05, 0) is 113 Å². The highest BCUT2D eigenvalue weighted by molar-refractivity contribution is 6.22. The molecule has 9 aromatic rings. The van der Waals surface area contributed by atoms with Gasteiger partial charge in [0.15, 0.2) is 0 Å². The van der Waals surface area contributed by atoms with E-state index >= 15 is 0 Å². The molecule has 0 nitrogen and oxygen atoms in total. The Morgan fingerprint density at radius 2 is 0.755 bits per heavy atom. The minimum atomic E-state index is 1.20. The molecule has 0 heteroatoms. The number of hydrogen-bond donors (Lipinski definition) is 0. The summed E-state index contributed by atoms with van der Waals surface area (Å²) in [6, 6.07) is 69.0. The predicted octanol–water partition coefficient (Wildman–Crippen LogP) is 13.8. The fraction of sp³-hybridized carbons (Fsp3) is 0.0204. The molecule has 0 aliphatic carbocycles. The van der Waals surface area contributed by atoms with Gasteiger partial charge >= 0.3 is 0 Å². The third kappa shape index (κ3) is 5.19. The van der Waals surface area contributed by atoms with Crippen LogP contribution in [-0.2, 0) is 0 Å². The Bertz CT molecular complexity index is 2590. The van der Waals surface area contributed by atoms with E-state index in [0.717, 1.165) is 0 Å². The molecular weight excluding hydrogens is 589 g/mol. The van der Waals surface area contributed by atoms with Crippen LogP contribution in [0.4, 0.5) is 0 Å². The molecule has 230 valence electrons. The summed E-state index contributed by atoms with van der Waals surface area (Å²) in [7, 11) is 0. The van der Waals surface area contributed by atoms with Crippen LogP contribution in [0.3, 0.4) is 0 Å². The number of fused-ring (bicyclic) bond motifs is 3. The Morgan fingerprint density at radius 1 is 0.265 bits per heavy atom. The first kappa shape index (κ1) is 28.9. The number of aryl methyl sites for hydroxylation is 1. The van der Waals surface area contributed by atoms with Gasteiger partial charge < -0.3 is 0 Å². The largest absolute Gasteiger partial charge is 0.0622 e. The summed E-state index contributed by atoms with van der Waals surface area (Å²) in [6.07, 6.45) is 0. The highest BCUT2D eigenvalue weighted by Gasteiger charge is 2.20. The SMILES string of the molecule is Cc1ccc2cc(-c3ccc(-c4cccc(-c5ccccc5)c4)cc3-c3c4ccccc4c(-c4ccccc4)c4ccccc34)ccc2c1. The molecule has 9 aromatic carbocycles. The van der Waals surface area contributed by atoms with Crippen molar-refractivity contribution in [2.24, 2.45) is 0 Å². The van der Waals surface area contributed by atoms with Crippen molar-refractivity contribution in [1.29, 1.82) is 0 Å². The number of rotatable bonds is 5. The number of hydrogen-bond acceptors (Lipinski definition) is 0. The molecule has 0 saturated carbocycles. The summed E-state index contributed by atoms with van der Waals surface area (Å²) >= 11 is 0. The maximum Gasteiger partial charge on any atom is -0.00199 e. The molecule has 49 heavy (non-hydrogen) atoms. The van der Waals surface area contributed by atoms with Crippen LogP contribution in [0.25, 0.3) is 88.0 Å². The molecule has 0 aromatic heterocycles. The first-order valence-electron chi connectivity index (χ1n) is 17.0. The van der Waals surface area contributed by atoms with Crippen molar-refractivity contribution in [2.75, 3.05) is 0 Å². The number of benzene rings is 9. The fourth-order valence-electron chi connectivity index (χ4n) is 7.56. The topological polar surface area (TPSA) is 0 Å². The second-order valence-electron chi connectivity index (χ2n) is 13.0. The Labute approximate surface area is 287 Å². The lowest BCUT2D eigenvalue weighted by atomic mass is 9.82. The van der Waals surface area contributed by atoms with Crippen molar-refractivity contribution in [1.82, 2.24) is 0 Å². The van der Waals surface area contributed by atoms with Gasteiger partial charge in [-0.15, -0.1) is 0 Å². The van der Waals surface area contributed by atoms with Crippen molar-refractivity contribution < 1.29 is 0 Å². The van der Waals surface area contributed by atoms with Gasteiger partial charge in [0.2, 0.25) is 0 Å². The summed E-state index contributed by atoms with van der Waals surface area (Å²) in [5, 5.41) is 7.56. The molecule has 0 aliphatic heterocycles. The zero-order valence-electron chi connectivity index (χ0n) is 27.4. The van der Waals surface area contributed by atoms with Crippen LogP contribution in [0.5, 0.6) is 0 Å². The van der Waals surface area contributed by atoms with Crippen LogP contribution in [0, 0.1) is 6.92 Å². The van der Waals surface area contributed by atoms with E-state index in [-0.39, 0.29) is 0 Å². The van der Waals surface area contributed by atoms with E-state index in [2.05, 4.69) is 195 Å². The lowest BCUT2D eigenvalue weighted by molar-refractivity contribution is 1.50. The summed E-state index contributed by atoms with van der Waals surface area (Å²) < 4.78 is 0. The van der Waals surface area contributed by atoms with E-state index in [1.54, 1.807) is 0 Å². The molecular formula is C49H34. The van der Waals surface area contributed by atoms with Crippen molar-refractivity contribution in [3.63, 3.8) is 0 Å². The molecule has 0 amide bonds. The maximum absolute atomic E-state index is 2.43. The van der Waals surface area contributed by atoms with Gasteiger partial charge in [0.25, 0.3) is 0 Å². The zero-order chi connectivity index (χ0) is 32.7. The summed E-state index contributed by atoms with van der Waals surface area (Å²) in [4.78, 5) is 0. The van der Waals surface area contributed by atoms with Crippen LogP contribution in [0.15, 0.2) is 188 Å². The van der Waals surface area contributed by atoms with E-state index in [4.69, 9.17) is 0 Å². The zero-order valence-corrected chi connectivity index (χ0v) is 27.4. The minimum Gasteiger partial charge on any atom is -0.0622 e. The average Bonchev–Trinajstić information content (AvgIpc) is 3.17. The quantitative estimate of drug-likeness (QED) is 0.168. The molecule has 0 N–H and O–H groups in total. The van der Waals surface area contributed by atoms with Gasteiger partial charge in [-0.25, -0.2) is 0 Å². The van der Waals surface area contributed by atoms with Crippen LogP contribution in [-0.4, -0.2) is 0 Å². The fourth-order valence-corrected chi connectivity index (χ4v) is 7.56. The maximum atomic E-state index is 2.43. The van der Waals surface area contributed by atoms with Crippen LogP contribution in [0.2, 0.25) is 0 Å². The van der Waals surface area contributed by atoms with Crippen LogP contribution < -0.4 is 0 Å². The van der Waals surface area contributed by atoms with Crippen molar-refractivity contribution in [2.45, 2.75) is 6.92 Å². The highest BCUT2D eigenvalue weighted by atomic mass is 14.2. The summed E-state index contributed by atoms with van der Waals surface area (Å²) in [5.41, 5.74) is 13.6. The van der Waals surface area contributed by atoms with Gasteiger partial charge in [-0.1, -0.05) is 175 Å². The second kappa shape index (κ2) is 12.1. The summed E-state index contributed by atoms with van der Waals surface area (Å²) in [6.45, 7) is 2.16. The van der Waals surface area contributed by atoms with Crippen molar-refractivity contribution in [3.8, 4) is 55.6 Å². The molecule has 0 spiro atoms. The minimum absolute atomic E-state index is 1.20. The standard InChI is InChI=1S/C49H34/c1-33-23-24-39-31-41(26-25-38(39)29-33)42-28-27-40(37-18-12-17-36(30-37)34-13-4-2-5-14-34)32-47(42)49-45-21-10-8-19-43(45)48(35-15-6-3-7-16-35)44-20-9-11-22-46(44)49/h2-32H,1H3. The lowest BCUT2D eigenvalue weighted by Gasteiger charge is -2.21. The molecule has 9 rings (SSSR count). The Hall–Kier alpha value is -6.24. The second-order valence-corrected chi connectivity index (χ2v) is 13.0. The Morgan fingerprint density at radius 3 is 1.43 bits per heavy atom. The highest BCUT2D eigenvalue weighted by Crippen LogP contribution is 2.47. The lowest BCUT2D eigenvalue weighted by Crippen LogP contribution is -1.94. The van der Waals surface area contributed by atoms with Crippen LogP contribution >= 0.6 is 0 Å². The van der Waals surface area contributed by atoms with Crippen LogP contribution in [0.1, 0.15) is 5.56 Å². The van der Waals surface area contributed by atoms with E-state index in [9.17, 15) is 0 Å². The predicted molar refractivity (Wildman–Crippen MR) is 211 cm³/mol. The molecule has 0 atom stereocenters. The third-order valence-electron chi connectivity index (χ3n) is 9.89. The molecule has 0 aliphatic rings. The van der Waals surface area contributed by atoms with Gasteiger partial charge in [0.1, 0.15) is 0 Å². The van der Waals surface area contributed by atoms with E-state index < -0.39 is 0 Å². The molecule has 0 fully saturated rings. The van der Waals surface area contributed by atoms with E-state index in [1.165, 1.54) is 93.5 Å². The van der Waals surface area contributed by atoms with E-state index in [1.807, 2.05) is 0 Å². The normalized spacial score (nSPS) is 11.4. The molecule has 0 bridgehead atoms. The molecule has 0 saturated heterocycles. The first-order valence-corrected chi connectivity index (χ1v) is 17.0. The first-order chi connectivity index (χ1) is 24.2. The van der Waals surface area contributed by atoms with Crippen molar-refractivity contribution >= 4 is 32.3 Å². The summed E-state index contributed by atoms with van der Waals surface area (Å²) in [5.74, 6) is 0. The van der Waals surface area contributed by atoms with Gasteiger partial charge in [0, 0.05) is 0 Å².